The van der Waals surface area contributed by atoms with Gasteiger partial charge in [-0.05, 0) is 11.5 Å². The van der Waals surface area contributed by atoms with Gasteiger partial charge < -0.3 is 10.8 Å². The highest BCUT2D eigenvalue weighted by atomic mass is 32.1. The van der Waals surface area contributed by atoms with Gasteiger partial charge in [-0.15, -0.1) is 11.3 Å². The number of thiophene rings is 1. The Morgan fingerprint density at radius 3 is 2.31 bits per heavy atom. The molecule has 72 valence electrons. The zero-order chi connectivity index (χ0) is 10.2. The largest absolute Gasteiger partial charge is 0.506 e. The molecule has 0 fully saturated rings. The van der Waals surface area contributed by atoms with Gasteiger partial charge in [-0.2, -0.15) is 0 Å². The van der Waals surface area contributed by atoms with E-state index >= 15 is 0 Å². The van der Waals surface area contributed by atoms with Crippen LogP contribution in [0, 0.1) is 0 Å². The Labute approximate surface area is 81.2 Å². The van der Waals surface area contributed by atoms with Gasteiger partial charge in [0.05, 0.1) is 0 Å². The van der Waals surface area contributed by atoms with Crippen LogP contribution in [-0.4, -0.2) is 11.0 Å². The van der Waals surface area contributed by atoms with Crippen LogP contribution in [-0.2, 0) is 5.41 Å². The lowest BCUT2D eigenvalue weighted by atomic mass is 9.95. The third-order valence-corrected chi connectivity index (χ3v) is 3.24. The number of amides is 1. The zero-order valence-corrected chi connectivity index (χ0v) is 8.73. The maximum absolute atomic E-state index is 10.8. The molecule has 1 aromatic heterocycles. The van der Waals surface area contributed by atoms with E-state index in [9.17, 15) is 9.90 Å². The first-order valence-electron chi connectivity index (χ1n) is 3.95. The number of nitrogens with two attached hydrogens (primary N) is 1. The molecule has 13 heavy (non-hydrogen) atoms. The number of carbonyl (C=O) groups is 1. The van der Waals surface area contributed by atoms with Gasteiger partial charge in [0.1, 0.15) is 10.6 Å². The van der Waals surface area contributed by atoms with Crippen molar-refractivity contribution in [1.82, 2.24) is 0 Å². The fraction of sp³-hybridized carbons (Fsp3) is 0.444. The summed E-state index contributed by atoms with van der Waals surface area (Å²) in [5.74, 6) is -0.583. The van der Waals surface area contributed by atoms with E-state index in [1.807, 2.05) is 20.8 Å². The van der Waals surface area contributed by atoms with Crippen molar-refractivity contribution in [2.45, 2.75) is 26.2 Å². The summed E-state index contributed by atoms with van der Waals surface area (Å²) in [6, 6.07) is 1.60. The maximum Gasteiger partial charge on any atom is 0.262 e. The average Bonchev–Trinajstić information content (AvgIpc) is 2.29. The van der Waals surface area contributed by atoms with Crippen molar-refractivity contribution in [3.05, 3.63) is 15.8 Å². The molecule has 0 aliphatic rings. The van der Waals surface area contributed by atoms with Crippen molar-refractivity contribution >= 4 is 17.2 Å². The fourth-order valence-electron chi connectivity index (χ4n) is 0.928. The molecule has 0 unspecified atom stereocenters. The first-order chi connectivity index (χ1) is 5.82. The van der Waals surface area contributed by atoms with Crippen molar-refractivity contribution in [3.8, 4) is 5.75 Å². The summed E-state index contributed by atoms with van der Waals surface area (Å²) in [5.41, 5.74) is 5.02. The number of hydrogen-bond donors (Lipinski definition) is 2. The molecule has 3 nitrogen and oxygen atoms in total. The molecule has 1 amide bonds. The van der Waals surface area contributed by atoms with Gasteiger partial charge in [0.2, 0.25) is 0 Å². The first-order valence-corrected chi connectivity index (χ1v) is 4.77. The van der Waals surface area contributed by atoms with Crippen LogP contribution in [0.3, 0.4) is 0 Å². The molecule has 1 aromatic rings. The Balaban J connectivity index is 3.17. The molecule has 0 aliphatic carbocycles. The molecule has 0 bridgehead atoms. The molecule has 0 spiro atoms. The molecule has 1 rings (SSSR count). The summed E-state index contributed by atoms with van der Waals surface area (Å²) in [4.78, 5) is 12.0. The number of aromatic hydroxyl groups is 1. The molecule has 0 saturated heterocycles. The minimum atomic E-state index is -0.571. The highest BCUT2D eigenvalue weighted by Crippen LogP contribution is 2.35. The SMILES string of the molecule is CC(C)(C)c1cc(O)c(C(N)=O)s1. The van der Waals surface area contributed by atoms with Crippen molar-refractivity contribution in [2.75, 3.05) is 0 Å². The standard InChI is InChI=1S/C9H13NO2S/c1-9(2,3)6-4-5(11)7(13-6)8(10)12/h4,11H,1-3H3,(H2,10,12). The van der Waals surface area contributed by atoms with E-state index in [1.165, 1.54) is 11.3 Å². The molecule has 0 aliphatic heterocycles. The van der Waals surface area contributed by atoms with Crippen LogP contribution in [0.15, 0.2) is 6.07 Å². The van der Waals surface area contributed by atoms with E-state index in [4.69, 9.17) is 5.73 Å². The molecular weight excluding hydrogens is 186 g/mol. The van der Waals surface area contributed by atoms with Crippen LogP contribution in [0.4, 0.5) is 0 Å². The quantitative estimate of drug-likeness (QED) is 0.725. The van der Waals surface area contributed by atoms with Crippen molar-refractivity contribution in [1.29, 1.82) is 0 Å². The van der Waals surface area contributed by atoms with Crippen LogP contribution >= 0.6 is 11.3 Å². The van der Waals surface area contributed by atoms with Crippen LogP contribution in [0.25, 0.3) is 0 Å². The Hall–Kier alpha value is -1.03. The van der Waals surface area contributed by atoms with Gasteiger partial charge in [-0.1, -0.05) is 20.8 Å². The summed E-state index contributed by atoms with van der Waals surface area (Å²) in [7, 11) is 0. The first kappa shape index (κ1) is 10.1. The Morgan fingerprint density at radius 2 is 2.08 bits per heavy atom. The minimum Gasteiger partial charge on any atom is -0.506 e. The normalized spacial score (nSPS) is 11.6. The van der Waals surface area contributed by atoms with E-state index in [2.05, 4.69) is 0 Å². The predicted molar refractivity (Wildman–Crippen MR) is 53.2 cm³/mol. The van der Waals surface area contributed by atoms with E-state index in [-0.39, 0.29) is 16.0 Å². The van der Waals surface area contributed by atoms with Gasteiger partial charge in [-0.3, -0.25) is 4.79 Å². The molecule has 4 heteroatoms. The van der Waals surface area contributed by atoms with E-state index in [0.29, 0.717) is 0 Å². The lowest BCUT2D eigenvalue weighted by molar-refractivity contribution is 0.100. The topological polar surface area (TPSA) is 63.3 Å². The second-order valence-electron chi connectivity index (χ2n) is 3.94. The highest BCUT2D eigenvalue weighted by Gasteiger charge is 2.21. The van der Waals surface area contributed by atoms with E-state index in [1.54, 1.807) is 6.07 Å². The van der Waals surface area contributed by atoms with Gasteiger partial charge in [-0.25, -0.2) is 0 Å². The Kier molecular flexibility index (Phi) is 2.34. The Morgan fingerprint density at radius 1 is 1.54 bits per heavy atom. The van der Waals surface area contributed by atoms with Crippen molar-refractivity contribution < 1.29 is 9.90 Å². The Bertz CT molecular complexity index is 336. The second kappa shape index (κ2) is 3.03. The molecule has 0 atom stereocenters. The van der Waals surface area contributed by atoms with Crippen LogP contribution in [0.5, 0.6) is 5.75 Å². The third-order valence-electron chi connectivity index (χ3n) is 1.68. The molecule has 1 heterocycles. The number of rotatable bonds is 1. The van der Waals surface area contributed by atoms with Crippen LogP contribution in [0.1, 0.15) is 35.3 Å². The number of carbonyl (C=O) groups excluding carboxylic acids is 1. The van der Waals surface area contributed by atoms with Gasteiger partial charge in [0.25, 0.3) is 5.91 Å². The molecule has 0 aromatic carbocycles. The zero-order valence-electron chi connectivity index (χ0n) is 7.92. The van der Waals surface area contributed by atoms with Gasteiger partial charge >= 0.3 is 0 Å². The van der Waals surface area contributed by atoms with Crippen molar-refractivity contribution in [3.63, 3.8) is 0 Å². The number of primary amides is 1. The number of hydrogen-bond acceptors (Lipinski definition) is 3. The van der Waals surface area contributed by atoms with Crippen LogP contribution in [0.2, 0.25) is 0 Å². The van der Waals surface area contributed by atoms with Crippen LogP contribution < -0.4 is 5.73 Å². The second-order valence-corrected chi connectivity index (χ2v) is 4.99. The predicted octanol–water partition coefficient (Wildman–Crippen LogP) is 1.85. The molecule has 0 radical (unpaired) electrons. The van der Waals surface area contributed by atoms with Crippen molar-refractivity contribution in [2.24, 2.45) is 5.73 Å². The average molecular weight is 199 g/mol. The molecule has 0 saturated carbocycles. The fourth-order valence-corrected chi connectivity index (χ4v) is 1.89. The van der Waals surface area contributed by atoms with E-state index in [0.717, 1.165) is 4.88 Å². The van der Waals surface area contributed by atoms with E-state index < -0.39 is 5.91 Å². The summed E-state index contributed by atoms with van der Waals surface area (Å²) in [6.07, 6.45) is 0. The maximum atomic E-state index is 10.8. The summed E-state index contributed by atoms with van der Waals surface area (Å²) < 4.78 is 0. The summed E-state index contributed by atoms with van der Waals surface area (Å²) in [6.45, 7) is 6.05. The van der Waals surface area contributed by atoms with Gasteiger partial charge in [0, 0.05) is 4.88 Å². The van der Waals surface area contributed by atoms with Gasteiger partial charge in [0.15, 0.2) is 0 Å². The smallest absolute Gasteiger partial charge is 0.262 e. The lowest BCUT2D eigenvalue weighted by Crippen LogP contribution is -2.09. The molecular formula is C9H13NO2S. The summed E-state index contributed by atoms with van der Waals surface area (Å²) in [5, 5.41) is 9.37. The summed E-state index contributed by atoms with van der Waals surface area (Å²) >= 11 is 1.25. The lowest BCUT2D eigenvalue weighted by Gasteiger charge is -2.14. The highest BCUT2D eigenvalue weighted by molar-refractivity contribution is 7.14. The molecule has 3 N–H and O–H groups in total. The monoisotopic (exact) mass is 199 g/mol. The minimum absolute atomic E-state index is 0.0116. The third kappa shape index (κ3) is 2.01.